The molecule has 9 heteroatoms. The number of fused-ring (bicyclic) bond motifs is 1. The summed E-state index contributed by atoms with van der Waals surface area (Å²) in [6.45, 7) is 0.217. The number of aromatic nitrogens is 2. The van der Waals surface area contributed by atoms with Gasteiger partial charge in [-0.1, -0.05) is 85.0 Å². The van der Waals surface area contributed by atoms with Gasteiger partial charge in [-0.05, 0) is 53.4 Å². The molecule has 1 aliphatic carbocycles. The molecule has 0 fully saturated rings. The molecule has 2 heterocycles. The quantitative estimate of drug-likeness (QED) is 0.188. The third-order valence-electron chi connectivity index (χ3n) is 7.89. The zero-order chi connectivity index (χ0) is 32.1. The van der Waals surface area contributed by atoms with E-state index in [-0.39, 0.29) is 30.7 Å². The van der Waals surface area contributed by atoms with Gasteiger partial charge in [0, 0.05) is 35.8 Å². The number of carbonyl (C=O) groups is 2. The molecule has 5 aromatic rings. The Morgan fingerprint density at radius 3 is 2.39 bits per heavy atom. The van der Waals surface area contributed by atoms with Gasteiger partial charge < -0.3 is 10.6 Å². The van der Waals surface area contributed by atoms with Crippen LogP contribution in [0.25, 0.3) is 10.9 Å². The van der Waals surface area contributed by atoms with Gasteiger partial charge in [-0.2, -0.15) is 13.2 Å². The Hall–Kier alpha value is -5.57. The SMILES string of the molecule is O=C(NC(c1ccccc1)c1ccccn1)c1cnc2cc(CNC(=O)c3ccccc3C3C=CC(C(F)(F)F)=CC3)ccc2c1. The second-order valence-electron chi connectivity index (χ2n) is 11.0. The van der Waals surface area contributed by atoms with Gasteiger partial charge in [-0.3, -0.25) is 19.6 Å². The average Bonchev–Trinajstić information content (AvgIpc) is 3.09. The highest BCUT2D eigenvalue weighted by Crippen LogP contribution is 2.35. The van der Waals surface area contributed by atoms with Crippen LogP contribution >= 0.6 is 0 Å². The van der Waals surface area contributed by atoms with Crippen LogP contribution in [0.15, 0.2) is 133 Å². The molecule has 6 nitrogen and oxygen atoms in total. The number of allylic oxidation sites excluding steroid dienone is 4. The Morgan fingerprint density at radius 2 is 1.65 bits per heavy atom. The molecule has 2 unspecified atom stereocenters. The Bertz CT molecular complexity index is 1900. The van der Waals surface area contributed by atoms with Gasteiger partial charge in [0.1, 0.15) is 0 Å². The highest BCUT2D eigenvalue weighted by Gasteiger charge is 2.33. The number of benzene rings is 3. The van der Waals surface area contributed by atoms with Crippen LogP contribution in [0, 0.1) is 0 Å². The first-order chi connectivity index (χ1) is 22.3. The second kappa shape index (κ2) is 13.2. The molecule has 0 spiro atoms. The lowest BCUT2D eigenvalue weighted by Gasteiger charge is -2.20. The zero-order valence-corrected chi connectivity index (χ0v) is 24.5. The number of rotatable bonds is 8. The number of alkyl halides is 3. The second-order valence-corrected chi connectivity index (χ2v) is 11.0. The minimum absolute atomic E-state index is 0.155. The number of hydrogen-bond acceptors (Lipinski definition) is 4. The highest BCUT2D eigenvalue weighted by molar-refractivity contribution is 5.98. The molecule has 3 aromatic carbocycles. The standard InChI is InChI=1S/C37H29F3N4O2/c38-37(39,40)29-17-15-25(16-18-29)30-10-4-5-11-31(30)36(46)43-22-24-13-14-27-21-28(23-42-33(27)20-24)35(45)44-34(26-8-2-1-3-9-26)32-12-6-7-19-41-32/h1-15,17-21,23,25,34H,16,22H2,(H,43,46)(H,44,45). The van der Waals surface area contributed by atoms with Gasteiger partial charge in [0.2, 0.25) is 0 Å². The Morgan fingerprint density at radius 1 is 0.870 bits per heavy atom. The Labute approximate surface area is 263 Å². The van der Waals surface area contributed by atoms with Crippen LogP contribution in [0.4, 0.5) is 13.2 Å². The van der Waals surface area contributed by atoms with E-state index in [4.69, 9.17) is 0 Å². The molecule has 230 valence electrons. The van der Waals surface area contributed by atoms with Crippen LogP contribution in [0.3, 0.4) is 0 Å². The van der Waals surface area contributed by atoms with E-state index in [0.29, 0.717) is 27.9 Å². The summed E-state index contributed by atoms with van der Waals surface area (Å²) in [6.07, 6.45) is 2.71. The molecule has 0 bridgehead atoms. The summed E-state index contributed by atoms with van der Waals surface area (Å²) in [4.78, 5) is 35.5. The summed E-state index contributed by atoms with van der Waals surface area (Å²) in [5.41, 5.74) is 3.88. The normalized spacial score (nSPS) is 15.2. The predicted octanol–water partition coefficient (Wildman–Crippen LogP) is 7.61. The first-order valence-electron chi connectivity index (χ1n) is 14.7. The van der Waals surface area contributed by atoms with Crippen LogP contribution < -0.4 is 10.6 Å². The topological polar surface area (TPSA) is 84.0 Å². The summed E-state index contributed by atoms with van der Waals surface area (Å²) in [7, 11) is 0. The van der Waals surface area contributed by atoms with Crippen LogP contribution in [0.1, 0.15) is 61.5 Å². The third kappa shape index (κ3) is 6.89. The first kappa shape index (κ1) is 30.5. The van der Waals surface area contributed by atoms with Crippen molar-refractivity contribution in [3.63, 3.8) is 0 Å². The van der Waals surface area contributed by atoms with E-state index < -0.39 is 17.8 Å². The number of hydrogen-bond donors (Lipinski definition) is 2. The van der Waals surface area contributed by atoms with Gasteiger partial charge >= 0.3 is 6.18 Å². The maximum Gasteiger partial charge on any atom is 0.416 e. The molecule has 2 amide bonds. The summed E-state index contributed by atoms with van der Waals surface area (Å²) >= 11 is 0. The lowest BCUT2D eigenvalue weighted by Crippen LogP contribution is -2.30. The van der Waals surface area contributed by atoms with Gasteiger partial charge in [0.05, 0.1) is 28.4 Å². The van der Waals surface area contributed by atoms with Gasteiger partial charge in [-0.25, -0.2) is 0 Å². The maximum absolute atomic E-state index is 13.3. The predicted molar refractivity (Wildman–Crippen MR) is 170 cm³/mol. The Balaban J connectivity index is 1.13. The molecule has 46 heavy (non-hydrogen) atoms. The van der Waals surface area contributed by atoms with E-state index in [1.54, 1.807) is 36.5 Å². The van der Waals surface area contributed by atoms with E-state index in [1.165, 1.54) is 18.3 Å². The molecule has 0 saturated carbocycles. The van der Waals surface area contributed by atoms with E-state index in [2.05, 4.69) is 20.6 Å². The van der Waals surface area contributed by atoms with Crippen LogP contribution in [-0.2, 0) is 6.54 Å². The fourth-order valence-electron chi connectivity index (χ4n) is 5.50. The molecule has 6 rings (SSSR count). The number of amides is 2. The summed E-state index contributed by atoms with van der Waals surface area (Å²) in [5, 5.41) is 6.76. The Kier molecular flexibility index (Phi) is 8.74. The average molecular weight is 619 g/mol. The van der Waals surface area contributed by atoms with Gasteiger partial charge in [0.25, 0.3) is 11.8 Å². The van der Waals surface area contributed by atoms with Crippen LogP contribution in [-0.4, -0.2) is 28.0 Å². The smallest absolute Gasteiger partial charge is 0.348 e. The lowest BCUT2D eigenvalue weighted by molar-refractivity contribution is -0.0886. The fourth-order valence-corrected chi connectivity index (χ4v) is 5.50. The van der Waals surface area contributed by atoms with Crippen molar-refractivity contribution in [3.05, 3.63) is 167 Å². The number of nitrogens with one attached hydrogen (secondary N) is 2. The highest BCUT2D eigenvalue weighted by atomic mass is 19.4. The summed E-state index contributed by atoms with van der Waals surface area (Å²) < 4.78 is 39.1. The van der Waals surface area contributed by atoms with E-state index in [1.807, 2.05) is 66.7 Å². The number of halogens is 3. The molecule has 0 aliphatic heterocycles. The molecular formula is C37H29F3N4O2. The lowest BCUT2D eigenvalue weighted by atomic mass is 9.87. The molecule has 2 atom stereocenters. The fraction of sp³-hybridized carbons (Fsp3) is 0.135. The molecule has 1 aliphatic rings. The summed E-state index contributed by atoms with van der Waals surface area (Å²) in [5.74, 6) is -0.950. The van der Waals surface area contributed by atoms with Crippen molar-refractivity contribution >= 4 is 22.7 Å². The monoisotopic (exact) mass is 618 g/mol. The largest absolute Gasteiger partial charge is 0.416 e. The summed E-state index contributed by atoms with van der Waals surface area (Å²) in [6, 6.07) is 29.0. The number of carbonyl (C=O) groups excluding carboxylic acids is 2. The minimum atomic E-state index is -4.40. The molecule has 0 saturated heterocycles. The van der Waals surface area contributed by atoms with Crippen molar-refractivity contribution in [2.45, 2.75) is 31.1 Å². The van der Waals surface area contributed by atoms with Gasteiger partial charge in [0.15, 0.2) is 0 Å². The van der Waals surface area contributed by atoms with Crippen molar-refractivity contribution in [1.29, 1.82) is 0 Å². The molecule has 0 radical (unpaired) electrons. The number of nitrogens with zero attached hydrogens (tertiary/aromatic N) is 2. The van der Waals surface area contributed by atoms with Crippen molar-refractivity contribution in [2.75, 3.05) is 0 Å². The van der Waals surface area contributed by atoms with E-state index in [0.717, 1.165) is 22.6 Å². The van der Waals surface area contributed by atoms with Crippen molar-refractivity contribution in [3.8, 4) is 0 Å². The van der Waals surface area contributed by atoms with Crippen molar-refractivity contribution in [2.24, 2.45) is 0 Å². The van der Waals surface area contributed by atoms with Crippen molar-refractivity contribution in [1.82, 2.24) is 20.6 Å². The molecular weight excluding hydrogens is 589 g/mol. The minimum Gasteiger partial charge on any atom is -0.348 e. The van der Waals surface area contributed by atoms with E-state index >= 15 is 0 Å². The van der Waals surface area contributed by atoms with Crippen LogP contribution in [0.2, 0.25) is 0 Å². The first-order valence-corrected chi connectivity index (χ1v) is 14.7. The van der Waals surface area contributed by atoms with Gasteiger partial charge in [-0.15, -0.1) is 0 Å². The zero-order valence-electron chi connectivity index (χ0n) is 24.5. The number of pyridine rings is 2. The third-order valence-corrected chi connectivity index (χ3v) is 7.89. The van der Waals surface area contributed by atoms with E-state index in [9.17, 15) is 22.8 Å². The molecule has 2 aromatic heterocycles. The maximum atomic E-state index is 13.3. The van der Waals surface area contributed by atoms with Crippen LogP contribution in [0.5, 0.6) is 0 Å². The molecule has 2 N–H and O–H groups in total. The van der Waals surface area contributed by atoms with Crippen molar-refractivity contribution < 1.29 is 22.8 Å².